The van der Waals surface area contributed by atoms with E-state index in [-0.39, 0.29) is 0 Å². The average Bonchev–Trinajstić information content (AvgIpc) is 2.55. The molecule has 0 aliphatic carbocycles. The molecule has 0 fully saturated rings. The van der Waals surface area contributed by atoms with Gasteiger partial charge in [-0.25, -0.2) is 0 Å². The predicted octanol–water partition coefficient (Wildman–Crippen LogP) is 5.60. The van der Waals surface area contributed by atoms with Crippen LogP contribution in [0.3, 0.4) is 0 Å². The fourth-order valence-corrected chi connectivity index (χ4v) is 2.68. The van der Waals surface area contributed by atoms with Crippen LogP contribution in [0.5, 0.6) is 11.5 Å². The van der Waals surface area contributed by atoms with Gasteiger partial charge in [0, 0.05) is 11.9 Å². The van der Waals surface area contributed by atoms with E-state index in [0.717, 1.165) is 39.9 Å². The molecule has 0 aliphatic heterocycles. The quantitative estimate of drug-likeness (QED) is 0.436. The van der Waals surface area contributed by atoms with Gasteiger partial charge in [-0.15, -0.1) is 11.6 Å². The molecule has 2 aromatic carbocycles. The molecule has 2 aromatic rings. The molecule has 0 saturated heterocycles. The van der Waals surface area contributed by atoms with Crippen LogP contribution in [0.25, 0.3) is 0 Å². The molecule has 22 heavy (non-hydrogen) atoms. The van der Waals surface area contributed by atoms with Crippen LogP contribution >= 0.6 is 27.5 Å². The van der Waals surface area contributed by atoms with Gasteiger partial charge in [-0.05, 0) is 46.0 Å². The van der Waals surface area contributed by atoms with Crippen LogP contribution in [0.1, 0.15) is 24.5 Å². The summed E-state index contributed by atoms with van der Waals surface area (Å²) < 4.78 is 12.7. The van der Waals surface area contributed by atoms with E-state index in [1.54, 1.807) is 0 Å². The average molecular weight is 384 g/mol. The Kier molecular flexibility index (Phi) is 7.07. The summed E-state index contributed by atoms with van der Waals surface area (Å²) in [6.45, 7) is 3.27. The standard InChI is InChI=1S/C18H20BrClO2/c1-2-15-11-16(19)18(12-17(15)21-10-6-9-20)22-13-14-7-4-3-5-8-14/h3-5,7-8,11-12H,2,6,9-10,13H2,1H3. The normalized spacial score (nSPS) is 10.5. The Morgan fingerprint density at radius 3 is 2.50 bits per heavy atom. The molecule has 0 unspecified atom stereocenters. The summed E-state index contributed by atoms with van der Waals surface area (Å²) in [6.07, 6.45) is 1.74. The first-order valence-corrected chi connectivity index (χ1v) is 8.75. The topological polar surface area (TPSA) is 18.5 Å². The van der Waals surface area contributed by atoms with Crippen LogP contribution in [0, 0.1) is 0 Å². The van der Waals surface area contributed by atoms with Gasteiger partial charge >= 0.3 is 0 Å². The van der Waals surface area contributed by atoms with Crippen LogP contribution in [0.15, 0.2) is 46.9 Å². The molecule has 0 aromatic heterocycles. The number of alkyl halides is 1. The molecule has 4 heteroatoms. The maximum Gasteiger partial charge on any atom is 0.137 e. The van der Waals surface area contributed by atoms with Crippen molar-refractivity contribution in [2.75, 3.05) is 12.5 Å². The molecule has 0 amide bonds. The zero-order valence-electron chi connectivity index (χ0n) is 12.6. The summed E-state index contributed by atoms with van der Waals surface area (Å²) in [5, 5.41) is 0. The molecule has 0 N–H and O–H groups in total. The lowest BCUT2D eigenvalue weighted by atomic mass is 10.1. The summed E-state index contributed by atoms with van der Waals surface area (Å²) in [7, 11) is 0. The second kappa shape index (κ2) is 9.06. The molecule has 2 nitrogen and oxygen atoms in total. The van der Waals surface area contributed by atoms with Gasteiger partial charge in [0.2, 0.25) is 0 Å². The van der Waals surface area contributed by atoms with Crippen molar-refractivity contribution in [3.63, 3.8) is 0 Å². The van der Waals surface area contributed by atoms with Crippen molar-refractivity contribution >= 4 is 27.5 Å². The van der Waals surface area contributed by atoms with E-state index in [9.17, 15) is 0 Å². The van der Waals surface area contributed by atoms with Crippen molar-refractivity contribution in [1.82, 2.24) is 0 Å². The third-order valence-electron chi connectivity index (χ3n) is 3.27. The molecule has 0 saturated carbocycles. The Morgan fingerprint density at radius 2 is 1.82 bits per heavy atom. The third kappa shape index (κ3) is 4.92. The van der Waals surface area contributed by atoms with Gasteiger partial charge < -0.3 is 9.47 Å². The number of rotatable bonds is 8. The van der Waals surface area contributed by atoms with Gasteiger partial charge in [0.15, 0.2) is 0 Å². The van der Waals surface area contributed by atoms with Crippen LogP contribution in [0.4, 0.5) is 0 Å². The van der Waals surface area contributed by atoms with Gasteiger partial charge in [-0.2, -0.15) is 0 Å². The Bertz CT molecular complexity index is 587. The number of hydrogen-bond acceptors (Lipinski definition) is 2. The minimum absolute atomic E-state index is 0.534. The van der Waals surface area contributed by atoms with Gasteiger partial charge in [0.25, 0.3) is 0 Å². The lowest BCUT2D eigenvalue weighted by Gasteiger charge is -2.15. The van der Waals surface area contributed by atoms with E-state index >= 15 is 0 Å². The number of aryl methyl sites for hydroxylation is 1. The highest BCUT2D eigenvalue weighted by Gasteiger charge is 2.10. The molecule has 0 atom stereocenters. The Hall–Kier alpha value is -1.19. The summed E-state index contributed by atoms with van der Waals surface area (Å²) in [4.78, 5) is 0. The summed E-state index contributed by atoms with van der Waals surface area (Å²) in [5.74, 6) is 2.27. The van der Waals surface area contributed by atoms with E-state index in [1.165, 1.54) is 0 Å². The van der Waals surface area contributed by atoms with Gasteiger partial charge in [-0.1, -0.05) is 37.3 Å². The second-order valence-electron chi connectivity index (χ2n) is 4.91. The first-order chi connectivity index (χ1) is 10.7. The summed E-state index contributed by atoms with van der Waals surface area (Å²) >= 11 is 9.28. The van der Waals surface area contributed by atoms with E-state index in [4.69, 9.17) is 21.1 Å². The zero-order valence-corrected chi connectivity index (χ0v) is 15.0. The van der Waals surface area contributed by atoms with E-state index < -0.39 is 0 Å². The lowest BCUT2D eigenvalue weighted by Crippen LogP contribution is -2.02. The van der Waals surface area contributed by atoms with E-state index in [2.05, 4.69) is 28.9 Å². The van der Waals surface area contributed by atoms with Gasteiger partial charge in [0.05, 0.1) is 11.1 Å². The van der Waals surface area contributed by atoms with Crippen molar-refractivity contribution in [2.24, 2.45) is 0 Å². The molecule has 0 aliphatic rings. The monoisotopic (exact) mass is 382 g/mol. The number of ether oxygens (including phenoxy) is 2. The second-order valence-corrected chi connectivity index (χ2v) is 6.14. The van der Waals surface area contributed by atoms with Gasteiger partial charge in [0.1, 0.15) is 18.1 Å². The van der Waals surface area contributed by atoms with E-state index in [1.807, 2.05) is 36.4 Å². The molecular weight excluding hydrogens is 364 g/mol. The Morgan fingerprint density at radius 1 is 1.05 bits per heavy atom. The lowest BCUT2D eigenvalue weighted by molar-refractivity contribution is 0.292. The van der Waals surface area contributed by atoms with Crippen molar-refractivity contribution in [3.05, 3.63) is 58.1 Å². The zero-order chi connectivity index (χ0) is 15.8. The molecule has 0 heterocycles. The first kappa shape index (κ1) is 17.2. The molecule has 0 radical (unpaired) electrons. The molecule has 0 bridgehead atoms. The predicted molar refractivity (Wildman–Crippen MR) is 95.1 cm³/mol. The molecule has 2 rings (SSSR count). The summed E-state index contributed by atoms with van der Waals surface area (Å²) in [5.41, 5.74) is 2.30. The first-order valence-electron chi connectivity index (χ1n) is 7.42. The highest BCUT2D eigenvalue weighted by molar-refractivity contribution is 9.10. The third-order valence-corrected chi connectivity index (χ3v) is 4.16. The maximum absolute atomic E-state index is 5.92. The van der Waals surface area contributed by atoms with Crippen molar-refractivity contribution in [3.8, 4) is 11.5 Å². The summed E-state index contributed by atoms with van der Waals surface area (Å²) in [6, 6.07) is 14.1. The highest BCUT2D eigenvalue weighted by atomic mass is 79.9. The van der Waals surface area contributed by atoms with E-state index in [0.29, 0.717) is 19.1 Å². The van der Waals surface area contributed by atoms with Crippen LogP contribution in [0.2, 0.25) is 0 Å². The fraction of sp³-hybridized carbons (Fsp3) is 0.333. The minimum Gasteiger partial charge on any atom is -0.493 e. The van der Waals surface area contributed by atoms with Crippen molar-refractivity contribution in [2.45, 2.75) is 26.4 Å². The van der Waals surface area contributed by atoms with Crippen LogP contribution in [-0.4, -0.2) is 12.5 Å². The highest BCUT2D eigenvalue weighted by Crippen LogP contribution is 2.34. The number of halogens is 2. The van der Waals surface area contributed by atoms with Crippen LogP contribution < -0.4 is 9.47 Å². The molecule has 0 spiro atoms. The number of hydrogen-bond donors (Lipinski definition) is 0. The fourth-order valence-electron chi connectivity index (χ4n) is 2.07. The smallest absolute Gasteiger partial charge is 0.137 e. The Balaban J connectivity index is 2.10. The Labute approximate surface area is 145 Å². The maximum atomic E-state index is 5.92. The van der Waals surface area contributed by atoms with Crippen LogP contribution in [-0.2, 0) is 13.0 Å². The molecular formula is C18H20BrClO2. The minimum atomic E-state index is 0.534. The number of benzene rings is 2. The van der Waals surface area contributed by atoms with Crippen molar-refractivity contribution in [1.29, 1.82) is 0 Å². The largest absolute Gasteiger partial charge is 0.493 e. The van der Waals surface area contributed by atoms with Crippen molar-refractivity contribution < 1.29 is 9.47 Å². The van der Waals surface area contributed by atoms with Gasteiger partial charge in [-0.3, -0.25) is 0 Å². The SMILES string of the molecule is CCc1cc(Br)c(OCc2ccccc2)cc1OCCCCl. The molecule has 118 valence electrons.